The number of hydrogen-bond acceptors (Lipinski definition) is 6. The highest BCUT2D eigenvalue weighted by Gasteiger charge is 2.73. The number of ether oxygens (including phenoxy) is 2. The van der Waals surface area contributed by atoms with E-state index in [0.29, 0.717) is 50.1 Å². The Morgan fingerprint density at radius 2 is 1.75 bits per heavy atom. The Bertz CT molecular complexity index is 1080. The fourth-order valence-corrected chi connectivity index (χ4v) is 8.15. The molecule has 2 fully saturated rings. The Balaban J connectivity index is 1.16. The zero-order valence-electron chi connectivity index (χ0n) is 24.6. The lowest BCUT2D eigenvalue weighted by molar-refractivity contribution is -0.187. The molecule has 4 aliphatic rings. The molecule has 220 valence electrons. The number of esters is 1. The van der Waals surface area contributed by atoms with Crippen LogP contribution >= 0.6 is 0 Å². The molecular formula is C34H49NO5. The largest absolute Gasteiger partial charge is 0.477 e. The smallest absolute Gasteiger partial charge is 0.311 e. The zero-order valence-corrected chi connectivity index (χ0v) is 24.6. The van der Waals surface area contributed by atoms with Gasteiger partial charge in [0.2, 0.25) is 0 Å². The summed E-state index contributed by atoms with van der Waals surface area (Å²) in [7, 11) is 0. The normalized spacial score (nSPS) is 28.2. The number of nitrogens with zero attached hydrogens (tertiary/aromatic N) is 1. The summed E-state index contributed by atoms with van der Waals surface area (Å²) in [5.74, 6) is 0.692. The summed E-state index contributed by atoms with van der Waals surface area (Å²) in [6.07, 6.45) is 18.6. The number of carbonyl (C=O) groups excluding carboxylic acids is 2. The lowest BCUT2D eigenvalue weighted by atomic mass is 9.49. The predicted octanol–water partition coefficient (Wildman–Crippen LogP) is 6.59. The summed E-state index contributed by atoms with van der Waals surface area (Å²) >= 11 is 0. The number of carbonyl (C=O) groups is 2. The molecule has 2 heterocycles. The van der Waals surface area contributed by atoms with E-state index >= 15 is 0 Å². The number of aliphatic hydroxyl groups is 1. The molecule has 2 bridgehead atoms. The highest BCUT2D eigenvalue weighted by atomic mass is 16.6. The molecule has 6 nitrogen and oxygen atoms in total. The van der Waals surface area contributed by atoms with Gasteiger partial charge in [-0.15, -0.1) is 6.58 Å². The number of hydrogen-bond donors (Lipinski definition) is 1. The minimum Gasteiger partial charge on any atom is -0.477 e. The first-order valence-corrected chi connectivity index (χ1v) is 16.1. The van der Waals surface area contributed by atoms with Crippen LogP contribution in [-0.2, 0) is 21.4 Å². The summed E-state index contributed by atoms with van der Waals surface area (Å²) in [5, 5.41) is 12.3. The zero-order chi connectivity index (χ0) is 28.2. The second kappa shape index (κ2) is 12.8. The number of unbranched alkanes of at least 4 members (excludes halogenated alkanes) is 11. The number of piperidine rings is 1. The fourth-order valence-electron chi connectivity index (χ4n) is 8.15. The molecule has 5 rings (SSSR count). The molecule has 0 aromatic heterocycles. The molecule has 4 atom stereocenters. The first-order chi connectivity index (χ1) is 19.5. The maximum Gasteiger partial charge on any atom is 0.311 e. The molecule has 2 aliphatic heterocycles. The Morgan fingerprint density at radius 1 is 1.07 bits per heavy atom. The van der Waals surface area contributed by atoms with E-state index in [4.69, 9.17) is 9.47 Å². The first-order valence-electron chi connectivity index (χ1n) is 16.1. The highest BCUT2D eigenvalue weighted by molar-refractivity contribution is 5.90. The first kappa shape index (κ1) is 29.3. The van der Waals surface area contributed by atoms with Gasteiger partial charge in [-0.1, -0.05) is 89.7 Å². The Kier molecular flexibility index (Phi) is 9.36. The standard InChI is InChI=1S/C34H49NO5/c1-3-5-6-7-8-9-10-11-12-13-14-15-16-29(37)39-27-18-17-25-24-28-34(38)20-19-26(36)32-33(34,30(25)31(27)40-32)21-23-35(28)22-4-2/h4,17-18,28,32,38H,2-3,5-16,19-24H2,1H3/t28-,32-,33+,34+/m0/s1. The summed E-state index contributed by atoms with van der Waals surface area (Å²) in [4.78, 5) is 28.3. The van der Waals surface area contributed by atoms with Crippen LogP contribution in [0.5, 0.6) is 11.5 Å². The van der Waals surface area contributed by atoms with Gasteiger partial charge in [0.15, 0.2) is 23.4 Å². The summed E-state index contributed by atoms with van der Waals surface area (Å²) in [6, 6.07) is 3.75. The van der Waals surface area contributed by atoms with E-state index in [1.807, 2.05) is 18.2 Å². The number of likely N-dealkylation sites (tertiary alicyclic amines) is 1. The summed E-state index contributed by atoms with van der Waals surface area (Å²) in [6.45, 7) is 7.65. The molecule has 0 amide bonds. The predicted molar refractivity (Wildman–Crippen MR) is 157 cm³/mol. The molecule has 1 saturated heterocycles. The molecule has 40 heavy (non-hydrogen) atoms. The maximum atomic E-state index is 13.2. The maximum absolute atomic E-state index is 13.2. The molecule has 0 unspecified atom stereocenters. The van der Waals surface area contributed by atoms with Crippen LogP contribution in [0.25, 0.3) is 0 Å². The Labute approximate surface area is 240 Å². The monoisotopic (exact) mass is 551 g/mol. The van der Waals surface area contributed by atoms with Crippen LogP contribution < -0.4 is 9.47 Å². The van der Waals surface area contributed by atoms with Gasteiger partial charge in [-0.2, -0.15) is 0 Å². The average molecular weight is 552 g/mol. The van der Waals surface area contributed by atoms with Crippen LogP contribution in [0.4, 0.5) is 0 Å². The average Bonchev–Trinajstić information content (AvgIpc) is 3.30. The summed E-state index contributed by atoms with van der Waals surface area (Å²) in [5.41, 5.74) is 0.184. The lowest BCUT2D eigenvalue weighted by Crippen LogP contribution is -2.76. The van der Waals surface area contributed by atoms with Crippen LogP contribution in [0.3, 0.4) is 0 Å². The van der Waals surface area contributed by atoms with Crippen LogP contribution in [0.15, 0.2) is 24.8 Å². The van der Waals surface area contributed by atoms with Crippen molar-refractivity contribution >= 4 is 11.8 Å². The van der Waals surface area contributed by atoms with E-state index in [1.165, 1.54) is 57.8 Å². The molecule has 1 N–H and O–H groups in total. The van der Waals surface area contributed by atoms with Crippen molar-refractivity contribution in [3.8, 4) is 11.5 Å². The van der Waals surface area contributed by atoms with E-state index < -0.39 is 17.1 Å². The van der Waals surface area contributed by atoms with Gasteiger partial charge in [-0.3, -0.25) is 14.5 Å². The Morgan fingerprint density at radius 3 is 2.42 bits per heavy atom. The van der Waals surface area contributed by atoms with Crippen LogP contribution in [-0.4, -0.2) is 52.6 Å². The second-order valence-electron chi connectivity index (χ2n) is 12.7. The van der Waals surface area contributed by atoms with Crippen molar-refractivity contribution in [1.29, 1.82) is 0 Å². The third-order valence-electron chi connectivity index (χ3n) is 10.2. The molecular weight excluding hydrogens is 502 g/mol. The van der Waals surface area contributed by atoms with E-state index in [0.717, 1.165) is 36.9 Å². The highest BCUT2D eigenvalue weighted by Crippen LogP contribution is 2.64. The molecule has 0 radical (unpaired) electrons. The molecule has 1 aromatic rings. The van der Waals surface area contributed by atoms with Gasteiger partial charge in [0, 0.05) is 37.5 Å². The fraction of sp³-hybridized carbons (Fsp3) is 0.706. The lowest BCUT2D eigenvalue weighted by Gasteiger charge is -2.62. The van der Waals surface area contributed by atoms with Gasteiger partial charge in [-0.05, 0) is 37.3 Å². The van der Waals surface area contributed by atoms with Crippen LogP contribution in [0, 0.1) is 0 Å². The second-order valence-corrected chi connectivity index (χ2v) is 12.7. The van der Waals surface area contributed by atoms with Crippen LogP contribution in [0.1, 0.15) is 121 Å². The third kappa shape index (κ3) is 5.27. The van der Waals surface area contributed by atoms with E-state index in [9.17, 15) is 14.7 Å². The van der Waals surface area contributed by atoms with Gasteiger partial charge in [0.25, 0.3) is 0 Å². The van der Waals surface area contributed by atoms with Gasteiger partial charge >= 0.3 is 5.97 Å². The number of Topliss-reactive ketones (excluding diaryl/α,β-unsaturated/α-hetero) is 1. The number of rotatable bonds is 16. The van der Waals surface area contributed by atoms with Crippen molar-refractivity contribution in [2.24, 2.45) is 0 Å². The van der Waals surface area contributed by atoms with Crippen molar-refractivity contribution in [2.45, 2.75) is 139 Å². The van der Waals surface area contributed by atoms with Crippen molar-refractivity contribution in [3.63, 3.8) is 0 Å². The van der Waals surface area contributed by atoms with E-state index in [2.05, 4.69) is 18.4 Å². The van der Waals surface area contributed by atoms with Gasteiger partial charge in [-0.25, -0.2) is 0 Å². The van der Waals surface area contributed by atoms with E-state index in [1.54, 1.807) is 0 Å². The van der Waals surface area contributed by atoms with Crippen molar-refractivity contribution in [3.05, 3.63) is 35.9 Å². The van der Waals surface area contributed by atoms with Crippen molar-refractivity contribution in [1.82, 2.24) is 4.90 Å². The van der Waals surface area contributed by atoms with Gasteiger partial charge < -0.3 is 14.6 Å². The van der Waals surface area contributed by atoms with E-state index in [-0.39, 0.29) is 17.8 Å². The van der Waals surface area contributed by atoms with Gasteiger partial charge in [0.05, 0.1) is 11.0 Å². The summed E-state index contributed by atoms with van der Waals surface area (Å²) < 4.78 is 12.2. The molecule has 1 saturated carbocycles. The molecule has 1 aromatic carbocycles. The topological polar surface area (TPSA) is 76.1 Å². The Hall–Kier alpha value is -2.18. The van der Waals surface area contributed by atoms with Gasteiger partial charge in [0.1, 0.15) is 0 Å². The minimum atomic E-state index is -1.05. The van der Waals surface area contributed by atoms with Crippen molar-refractivity contribution in [2.75, 3.05) is 13.1 Å². The quantitative estimate of drug-likeness (QED) is 0.108. The van der Waals surface area contributed by atoms with Crippen LogP contribution in [0.2, 0.25) is 0 Å². The molecule has 6 heteroatoms. The van der Waals surface area contributed by atoms with Crippen molar-refractivity contribution < 1.29 is 24.2 Å². The number of ketones is 1. The SMILES string of the molecule is C=CCN1CC[C@@]23c4c5ccc(OC(=O)CCCCCCCCCCCCCC)c4O[C@H]2C(=O)CC[C@@]3(O)[C@@H]1C5. The third-order valence-corrected chi connectivity index (χ3v) is 10.2. The minimum absolute atomic E-state index is 0.0402. The molecule has 2 aliphatic carbocycles. The number of benzene rings is 1. The molecule has 1 spiro atoms.